The number of anilines is 3. The van der Waals surface area contributed by atoms with Gasteiger partial charge in [-0.15, -0.1) is 11.8 Å². The molecular weight excluding hydrogens is 458 g/mol. The fourth-order valence-electron chi connectivity index (χ4n) is 4.26. The summed E-state index contributed by atoms with van der Waals surface area (Å²) >= 11 is 1.70. The van der Waals surface area contributed by atoms with Crippen LogP contribution >= 0.6 is 11.8 Å². The van der Waals surface area contributed by atoms with Crippen LogP contribution in [0.2, 0.25) is 0 Å². The van der Waals surface area contributed by atoms with Crippen LogP contribution < -0.4 is 10.6 Å². The van der Waals surface area contributed by atoms with Crippen molar-refractivity contribution in [3.8, 4) is 0 Å². The monoisotopic (exact) mass is 495 g/mol. The standard InChI is InChI=1S/C25H31N5O2S.C2H6/c1-14-26-22-18(12-21(29-23(22)27-14)30-24(31)15-5-6-15)28-17-8-7-16(11-20(17)33-4)19-9-10-25(2,3)13-32-19;1-2/h7-8,11-12,15,19H,5-6,9-10,13H2,1-4H3,(H3,26,27,28,29,30,31);1-2H3. The van der Waals surface area contributed by atoms with Gasteiger partial charge in [0.1, 0.15) is 17.2 Å². The first-order valence-corrected chi connectivity index (χ1v) is 13.8. The summed E-state index contributed by atoms with van der Waals surface area (Å²) in [6.45, 7) is 11.2. The van der Waals surface area contributed by atoms with Crippen LogP contribution in [0.5, 0.6) is 0 Å². The molecule has 1 amide bonds. The van der Waals surface area contributed by atoms with Gasteiger partial charge in [0.25, 0.3) is 0 Å². The number of amides is 1. The number of carbonyl (C=O) groups excluding carboxylic acids is 1. The molecule has 0 spiro atoms. The van der Waals surface area contributed by atoms with E-state index >= 15 is 0 Å². The van der Waals surface area contributed by atoms with Gasteiger partial charge in [0.05, 0.1) is 24.1 Å². The van der Waals surface area contributed by atoms with E-state index in [1.807, 2.05) is 26.8 Å². The Labute approximate surface area is 212 Å². The van der Waals surface area contributed by atoms with Crippen molar-refractivity contribution in [3.05, 3.63) is 35.7 Å². The highest BCUT2D eigenvalue weighted by Gasteiger charge is 2.30. The van der Waals surface area contributed by atoms with Crippen LogP contribution in [0.1, 0.15) is 70.9 Å². The van der Waals surface area contributed by atoms with Crippen LogP contribution in [0.25, 0.3) is 11.2 Å². The van der Waals surface area contributed by atoms with Gasteiger partial charge >= 0.3 is 0 Å². The normalized spacial score (nSPS) is 19.1. The van der Waals surface area contributed by atoms with E-state index in [0.29, 0.717) is 11.5 Å². The largest absolute Gasteiger partial charge is 0.373 e. The van der Waals surface area contributed by atoms with Gasteiger partial charge in [0, 0.05) is 16.9 Å². The second kappa shape index (κ2) is 10.6. The summed E-state index contributed by atoms with van der Waals surface area (Å²) in [5.74, 6) is 1.45. The number of hydrogen-bond donors (Lipinski definition) is 3. The van der Waals surface area contributed by atoms with Gasteiger partial charge in [0.2, 0.25) is 5.91 Å². The summed E-state index contributed by atoms with van der Waals surface area (Å²) in [4.78, 5) is 25.8. The Morgan fingerprint density at radius 3 is 2.57 bits per heavy atom. The Morgan fingerprint density at radius 1 is 1.14 bits per heavy atom. The minimum Gasteiger partial charge on any atom is -0.373 e. The van der Waals surface area contributed by atoms with E-state index in [2.05, 4.69) is 63.9 Å². The van der Waals surface area contributed by atoms with Crippen LogP contribution in [0.15, 0.2) is 29.2 Å². The lowest BCUT2D eigenvalue weighted by molar-refractivity contribution is -0.117. The smallest absolute Gasteiger partial charge is 0.228 e. The summed E-state index contributed by atoms with van der Waals surface area (Å²) in [5.41, 5.74) is 4.72. The highest BCUT2D eigenvalue weighted by molar-refractivity contribution is 7.98. The van der Waals surface area contributed by atoms with Crippen molar-refractivity contribution in [3.63, 3.8) is 0 Å². The van der Waals surface area contributed by atoms with Gasteiger partial charge in [0.15, 0.2) is 5.65 Å². The Bertz CT molecular complexity index is 1190. The number of aromatic nitrogens is 3. The zero-order valence-corrected chi connectivity index (χ0v) is 22.4. The van der Waals surface area contributed by atoms with E-state index < -0.39 is 0 Å². The molecular formula is C27H37N5O2S. The second-order valence-electron chi connectivity index (χ2n) is 9.93. The predicted octanol–water partition coefficient (Wildman–Crippen LogP) is 6.98. The predicted molar refractivity (Wildman–Crippen MR) is 145 cm³/mol. The fourth-order valence-corrected chi connectivity index (χ4v) is 4.86. The average molecular weight is 496 g/mol. The van der Waals surface area contributed by atoms with Crippen LogP contribution in [0, 0.1) is 18.3 Å². The highest BCUT2D eigenvalue weighted by atomic mass is 32.2. The Balaban J connectivity index is 0.00000141. The van der Waals surface area contributed by atoms with Crippen molar-refractivity contribution in [1.82, 2.24) is 15.0 Å². The Hall–Kier alpha value is -2.58. The van der Waals surface area contributed by atoms with Crippen LogP contribution in [-0.2, 0) is 9.53 Å². The molecule has 2 fully saturated rings. The molecule has 0 bridgehead atoms. The molecule has 1 aliphatic heterocycles. The van der Waals surface area contributed by atoms with E-state index in [9.17, 15) is 4.79 Å². The number of rotatable bonds is 6. The summed E-state index contributed by atoms with van der Waals surface area (Å²) in [7, 11) is 0. The molecule has 2 aliphatic rings. The number of ether oxygens (including phenoxy) is 1. The van der Waals surface area contributed by atoms with Gasteiger partial charge in [-0.05, 0) is 62.0 Å². The first-order valence-electron chi connectivity index (χ1n) is 12.6. The summed E-state index contributed by atoms with van der Waals surface area (Å²) < 4.78 is 6.18. The van der Waals surface area contributed by atoms with Crippen LogP contribution in [-0.4, -0.2) is 33.7 Å². The van der Waals surface area contributed by atoms with Gasteiger partial charge in [-0.1, -0.05) is 33.8 Å². The molecule has 3 N–H and O–H groups in total. The molecule has 1 atom stereocenters. The lowest BCUT2D eigenvalue weighted by Crippen LogP contribution is -2.27. The topological polar surface area (TPSA) is 91.9 Å². The van der Waals surface area contributed by atoms with E-state index in [0.717, 1.165) is 59.9 Å². The van der Waals surface area contributed by atoms with Crippen molar-refractivity contribution in [1.29, 1.82) is 0 Å². The molecule has 1 aromatic carbocycles. The molecule has 0 radical (unpaired) electrons. The zero-order valence-electron chi connectivity index (χ0n) is 21.6. The number of nitrogens with zero attached hydrogens (tertiary/aromatic N) is 2. The molecule has 1 saturated carbocycles. The Kier molecular flexibility index (Phi) is 7.71. The lowest BCUT2D eigenvalue weighted by Gasteiger charge is -2.35. The molecule has 1 aliphatic carbocycles. The zero-order chi connectivity index (χ0) is 25.2. The van der Waals surface area contributed by atoms with E-state index in [-0.39, 0.29) is 23.3 Å². The van der Waals surface area contributed by atoms with E-state index in [1.54, 1.807) is 11.8 Å². The highest BCUT2D eigenvalue weighted by Crippen LogP contribution is 2.40. The van der Waals surface area contributed by atoms with Crippen molar-refractivity contribution in [2.24, 2.45) is 11.3 Å². The number of benzene rings is 1. The first-order chi connectivity index (χ1) is 16.8. The lowest BCUT2D eigenvalue weighted by atomic mass is 9.84. The van der Waals surface area contributed by atoms with Gasteiger partial charge in [-0.2, -0.15) is 0 Å². The molecule has 1 saturated heterocycles. The number of hydrogen-bond acceptors (Lipinski definition) is 6. The number of fused-ring (bicyclic) bond motifs is 1. The second-order valence-corrected chi connectivity index (χ2v) is 10.8. The van der Waals surface area contributed by atoms with E-state index in [4.69, 9.17) is 4.74 Å². The SMILES string of the molecule is CC.CSc1cc(C2CCC(C)(C)CO2)ccc1Nc1cc(NC(=O)C2CC2)nc2nc(C)[nH]c12. The molecule has 35 heavy (non-hydrogen) atoms. The van der Waals surface area contributed by atoms with Crippen LogP contribution in [0.4, 0.5) is 17.2 Å². The molecule has 5 rings (SSSR count). The molecule has 7 nitrogen and oxygen atoms in total. The number of pyridine rings is 1. The minimum absolute atomic E-state index is 0.0323. The minimum atomic E-state index is 0.0323. The maximum Gasteiger partial charge on any atom is 0.228 e. The Morgan fingerprint density at radius 2 is 1.91 bits per heavy atom. The summed E-state index contributed by atoms with van der Waals surface area (Å²) in [6, 6.07) is 8.37. The number of H-pyrrole nitrogens is 1. The van der Waals surface area contributed by atoms with Gasteiger partial charge < -0.3 is 20.4 Å². The molecule has 2 aromatic heterocycles. The van der Waals surface area contributed by atoms with Crippen LogP contribution in [0.3, 0.4) is 0 Å². The number of aromatic amines is 1. The summed E-state index contributed by atoms with van der Waals surface area (Å²) in [5, 5.41) is 6.51. The fraction of sp³-hybridized carbons (Fsp3) is 0.519. The van der Waals surface area contributed by atoms with Gasteiger partial charge in [-0.25, -0.2) is 9.97 Å². The number of aryl methyl sites for hydroxylation is 1. The number of imidazole rings is 1. The van der Waals surface area contributed by atoms with E-state index in [1.165, 1.54) is 5.56 Å². The molecule has 1 unspecified atom stereocenters. The quantitative estimate of drug-likeness (QED) is 0.319. The summed E-state index contributed by atoms with van der Waals surface area (Å²) in [6.07, 6.45) is 6.33. The van der Waals surface area contributed by atoms with Crippen molar-refractivity contribution < 1.29 is 9.53 Å². The third-order valence-electron chi connectivity index (χ3n) is 6.40. The third-order valence-corrected chi connectivity index (χ3v) is 7.18. The van der Waals surface area contributed by atoms with Crippen molar-refractivity contribution in [2.75, 3.05) is 23.5 Å². The van der Waals surface area contributed by atoms with Crippen molar-refractivity contribution in [2.45, 2.75) is 71.3 Å². The molecule has 3 heterocycles. The first kappa shape index (κ1) is 25.5. The van der Waals surface area contributed by atoms with Gasteiger partial charge in [-0.3, -0.25) is 4.79 Å². The third kappa shape index (κ3) is 5.98. The average Bonchev–Trinajstić information content (AvgIpc) is 3.62. The molecule has 188 valence electrons. The molecule has 3 aromatic rings. The maximum atomic E-state index is 12.3. The van der Waals surface area contributed by atoms with Crippen molar-refractivity contribution >= 4 is 46.0 Å². The number of nitrogens with one attached hydrogen (secondary N) is 3. The maximum absolute atomic E-state index is 12.3. The number of carbonyl (C=O) groups is 1. The number of thioether (sulfide) groups is 1. The molecule has 8 heteroatoms.